The highest BCUT2D eigenvalue weighted by Gasteiger charge is 2.12. The highest BCUT2D eigenvalue weighted by atomic mass is 16.3. The maximum absolute atomic E-state index is 10.3. The lowest BCUT2D eigenvalue weighted by atomic mass is 10.2. The molecule has 4 heteroatoms. The summed E-state index contributed by atoms with van der Waals surface area (Å²) in [5.41, 5.74) is 2.92. The quantitative estimate of drug-likeness (QED) is 0.709. The third-order valence-electron chi connectivity index (χ3n) is 3.47. The van der Waals surface area contributed by atoms with E-state index in [9.17, 15) is 5.11 Å². The van der Waals surface area contributed by atoms with E-state index in [4.69, 9.17) is 0 Å². The summed E-state index contributed by atoms with van der Waals surface area (Å²) in [4.78, 5) is 4.46. The van der Waals surface area contributed by atoms with Gasteiger partial charge >= 0.3 is 0 Å². The average Bonchev–Trinajstić information content (AvgIpc) is 2.88. The van der Waals surface area contributed by atoms with Crippen molar-refractivity contribution in [1.29, 1.82) is 0 Å². The monoisotopic (exact) mass is 293 g/mol. The number of aliphatic hydroxyl groups excluding tert-OH is 1. The van der Waals surface area contributed by atoms with Gasteiger partial charge in [-0.25, -0.2) is 4.98 Å². The molecule has 0 radical (unpaired) electrons. The Morgan fingerprint density at radius 3 is 2.36 bits per heavy atom. The van der Waals surface area contributed by atoms with Crippen molar-refractivity contribution in [3.63, 3.8) is 0 Å². The first-order valence-electron chi connectivity index (χ1n) is 7.29. The SMILES string of the molecule is Cc1cn(Cc2ccccc2)c(NC(O)c2ccccc2)n1. The molecule has 0 saturated heterocycles. The van der Waals surface area contributed by atoms with Crippen LogP contribution in [0.3, 0.4) is 0 Å². The third-order valence-corrected chi connectivity index (χ3v) is 3.47. The summed E-state index contributed by atoms with van der Waals surface area (Å²) in [6.45, 7) is 2.66. The van der Waals surface area contributed by atoms with Crippen molar-refractivity contribution in [2.45, 2.75) is 19.7 Å². The molecule has 1 unspecified atom stereocenters. The average molecular weight is 293 g/mol. The molecular formula is C18H19N3O. The number of aliphatic hydroxyl groups is 1. The predicted molar refractivity (Wildman–Crippen MR) is 87.5 cm³/mol. The zero-order valence-corrected chi connectivity index (χ0v) is 12.5. The van der Waals surface area contributed by atoms with E-state index in [0.29, 0.717) is 12.5 Å². The van der Waals surface area contributed by atoms with E-state index in [-0.39, 0.29) is 0 Å². The Kier molecular flexibility index (Phi) is 4.21. The number of hydrogen-bond donors (Lipinski definition) is 2. The van der Waals surface area contributed by atoms with Crippen molar-refractivity contribution >= 4 is 5.95 Å². The van der Waals surface area contributed by atoms with Gasteiger partial charge in [-0.1, -0.05) is 60.7 Å². The van der Waals surface area contributed by atoms with Crippen LogP contribution >= 0.6 is 0 Å². The molecule has 0 aliphatic rings. The summed E-state index contributed by atoms with van der Waals surface area (Å²) in [5.74, 6) is 0.665. The maximum Gasteiger partial charge on any atom is 0.205 e. The first kappa shape index (κ1) is 14.4. The lowest BCUT2D eigenvalue weighted by molar-refractivity contribution is 0.206. The van der Waals surface area contributed by atoms with Crippen molar-refractivity contribution in [2.75, 3.05) is 5.32 Å². The van der Waals surface area contributed by atoms with Gasteiger partial charge in [-0.3, -0.25) is 0 Å². The van der Waals surface area contributed by atoms with Crippen LogP contribution in [-0.4, -0.2) is 14.7 Å². The molecule has 3 aromatic rings. The fraction of sp³-hybridized carbons (Fsp3) is 0.167. The first-order chi connectivity index (χ1) is 10.7. The third kappa shape index (κ3) is 3.35. The van der Waals surface area contributed by atoms with Crippen molar-refractivity contribution in [3.8, 4) is 0 Å². The second-order valence-electron chi connectivity index (χ2n) is 5.28. The summed E-state index contributed by atoms with van der Waals surface area (Å²) >= 11 is 0. The van der Waals surface area contributed by atoms with Gasteiger partial charge in [0.2, 0.25) is 5.95 Å². The fourth-order valence-electron chi connectivity index (χ4n) is 2.40. The number of rotatable bonds is 5. The van der Waals surface area contributed by atoms with Crippen LogP contribution in [0.5, 0.6) is 0 Å². The van der Waals surface area contributed by atoms with Crippen LogP contribution in [-0.2, 0) is 6.54 Å². The van der Waals surface area contributed by atoms with Crippen LogP contribution in [0.1, 0.15) is 23.0 Å². The lowest BCUT2D eigenvalue weighted by Gasteiger charge is -2.15. The molecule has 3 rings (SSSR count). The number of nitrogens with zero attached hydrogens (tertiary/aromatic N) is 2. The predicted octanol–water partition coefficient (Wildman–Crippen LogP) is 3.34. The van der Waals surface area contributed by atoms with Crippen LogP contribution < -0.4 is 5.32 Å². The molecule has 2 N–H and O–H groups in total. The minimum absolute atomic E-state index is 0.665. The number of nitrogens with one attached hydrogen (secondary N) is 1. The standard InChI is InChI=1S/C18H19N3O/c1-14-12-21(13-15-8-4-2-5-9-15)18(19-14)20-17(22)16-10-6-3-7-11-16/h2-12,17,22H,13H2,1H3,(H,19,20). The molecule has 112 valence electrons. The molecule has 0 aliphatic carbocycles. The van der Waals surface area contributed by atoms with Crippen molar-refractivity contribution < 1.29 is 5.11 Å². The number of hydrogen-bond acceptors (Lipinski definition) is 3. The highest BCUT2D eigenvalue weighted by Crippen LogP contribution is 2.18. The molecule has 22 heavy (non-hydrogen) atoms. The lowest BCUT2D eigenvalue weighted by Crippen LogP contribution is -2.14. The number of anilines is 1. The first-order valence-corrected chi connectivity index (χ1v) is 7.29. The van der Waals surface area contributed by atoms with Gasteiger partial charge < -0.3 is 15.0 Å². The Labute approximate surface area is 130 Å². The minimum Gasteiger partial charge on any atom is -0.369 e. The second kappa shape index (κ2) is 6.45. The molecule has 0 spiro atoms. The van der Waals surface area contributed by atoms with Gasteiger partial charge in [-0.15, -0.1) is 0 Å². The number of aryl methyl sites for hydroxylation is 1. The largest absolute Gasteiger partial charge is 0.369 e. The molecule has 0 saturated carbocycles. The van der Waals surface area contributed by atoms with Crippen molar-refractivity contribution in [3.05, 3.63) is 83.7 Å². The zero-order valence-electron chi connectivity index (χ0n) is 12.5. The molecule has 4 nitrogen and oxygen atoms in total. The second-order valence-corrected chi connectivity index (χ2v) is 5.28. The van der Waals surface area contributed by atoms with Gasteiger partial charge in [-0.2, -0.15) is 0 Å². The minimum atomic E-state index is -0.780. The van der Waals surface area contributed by atoms with Gasteiger partial charge in [0.1, 0.15) is 0 Å². The van der Waals surface area contributed by atoms with E-state index >= 15 is 0 Å². The zero-order chi connectivity index (χ0) is 15.4. The van der Waals surface area contributed by atoms with Gasteiger partial charge in [0.05, 0.1) is 12.2 Å². The van der Waals surface area contributed by atoms with Gasteiger partial charge in [0.15, 0.2) is 6.23 Å². The molecule has 1 atom stereocenters. The molecule has 1 heterocycles. The van der Waals surface area contributed by atoms with Crippen molar-refractivity contribution in [1.82, 2.24) is 9.55 Å². The number of aromatic nitrogens is 2. The summed E-state index contributed by atoms with van der Waals surface area (Å²) in [6.07, 6.45) is 1.20. The van der Waals surface area contributed by atoms with E-state index in [1.165, 1.54) is 5.56 Å². The maximum atomic E-state index is 10.3. The van der Waals surface area contributed by atoms with E-state index < -0.39 is 6.23 Å². The van der Waals surface area contributed by atoms with E-state index in [0.717, 1.165) is 11.3 Å². The van der Waals surface area contributed by atoms with Crippen molar-refractivity contribution in [2.24, 2.45) is 0 Å². The van der Waals surface area contributed by atoms with E-state index in [1.54, 1.807) is 0 Å². The Morgan fingerprint density at radius 1 is 1.05 bits per heavy atom. The molecule has 2 aromatic carbocycles. The normalized spacial score (nSPS) is 12.1. The summed E-state index contributed by atoms with van der Waals surface area (Å²) in [7, 11) is 0. The number of imidazole rings is 1. The van der Waals surface area contributed by atoms with Gasteiger partial charge in [-0.05, 0) is 12.5 Å². The summed E-state index contributed by atoms with van der Waals surface area (Å²) in [5, 5.41) is 13.4. The molecule has 0 fully saturated rings. The Morgan fingerprint density at radius 2 is 1.68 bits per heavy atom. The molecule has 1 aromatic heterocycles. The smallest absolute Gasteiger partial charge is 0.205 e. The Balaban J connectivity index is 1.79. The van der Waals surface area contributed by atoms with Crippen LogP contribution in [0.15, 0.2) is 66.9 Å². The summed E-state index contributed by atoms with van der Waals surface area (Å²) in [6, 6.07) is 19.7. The highest BCUT2D eigenvalue weighted by molar-refractivity contribution is 5.34. The van der Waals surface area contributed by atoms with Gasteiger partial charge in [0, 0.05) is 11.8 Å². The molecule has 0 aliphatic heterocycles. The van der Waals surface area contributed by atoms with Crippen LogP contribution in [0.2, 0.25) is 0 Å². The van der Waals surface area contributed by atoms with Gasteiger partial charge in [0.25, 0.3) is 0 Å². The molecule has 0 amide bonds. The fourth-order valence-corrected chi connectivity index (χ4v) is 2.40. The van der Waals surface area contributed by atoms with E-state index in [1.807, 2.05) is 66.2 Å². The molecule has 0 bridgehead atoms. The topological polar surface area (TPSA) is 50.1 Å². The van der Waals surface area contributed by atoms with Crippen LogP contribution in [0.25, 0.3) is 0 Å². The van der Waals surface area contributed by atoms with E-state index in [2.05, 4.69) is 22.4 Å². The van der Waals surface area contributed by atoms with Crippen LogP contribution in [0.4, 0.5) is 5.95 Å². The summed E-state index contributed by atoms with van der Waals surface area (Å²) < 4.78 is 2.01. The Bertz CT molecular complexity index is 723. The Hall–Kier alpha value is -2.59. The number of benzene rings is 2. The molecular weight excluding hydrogens is 274 g/mol. The van der Waals surface area contributed by atoms with Crippen LogP contribution in [0, 0.1) is 6.92 Å².